The Kier molecular flexibility index (Phi) is 10.4. The molecule has 2 N–H and O–H groups in total. The highest BCUT2D eigenvalue weighted by Gasteiger charge is 2.14. The predicted octanol–water partition coefficient (Wildman–Crippen LogP) is 4.28. The number of imidazole rings is 1. The lowest BCUT2D eigenvalue weighted by molar-refractivity contribution is -0.0498. The van der Waals surface area contributed by atoms with Gasteiger partial charge in [-0.3, -0.25) is 14.2 Å². The van der Waals surface area contributed by atoms with E-state index in [-0.39, 0.29) is 11.7 Å². The van der Waals surface area contributed by atoms with E-state index in [9.17, 15) is 13.6 Å². The topological polar surface area (TPSA) is 109 Å². The van der Waals surface area contributed by atoms with E-state index in [1.807, 2.05) is 55.4 Å². The van der Waals surface area contributed by atoms with Crippen molar-refractivity contribution in [1.29, 1.82) is 0 Å². The van der Waals surface area contributed by atoms with Gasteiger partial charge in [-0.1, -0.05) is 0 Å². The number of ether oxygens (including phenoxy) is 2. The summed E-state index contributed by atoms with van der Waals surface area (Å²) in [5.74, 6) is 1.28. The Morgan fingerprint density at radius 3 is 2.47 bits per heavy atom. The third kappa shape index (κ3) is 8.16. The van der Waals surface area contributed by atoms with E-state index in [1.54, 1.807) is 42.9 Å². The minimum absolute atomic E-state index is 0.0811. The molecule has 228 valence electrons. The first-order chi connectivity index (χ1) is 20.6. The van der Waals surface area contributed by atoms with Crippen LogP contribution in [0.4, 0.5) is 20.3 Å². The molecular weight excluding hydrogens is 558 g/mol. The summed E-state index contributed by atoms with van der Waals surface area (Å²) in [6.07, 6.45) is 5.10. The Labute approximate surface area is 249 Å². The molecule has 13 heteroatoms. The molecule has 0 aliphatic rings. The molecule has 0 fully saturated rings. The number of nitrogens with zero attached hydrogens (tertiary/aromatic N) is 6. The molecule has 2 aromatic heterocycles. The number of fused-ring (bicyclic) bond motifs is 1. The maximum atomic E-state index is 12.8. The van der Waals surface area contributed by atoms with Gasteiger partial charge in [0.2, 0.25) is 0 Å². The highest BCUT2D eigenvalue weighted by Crippen LogP contribution is 2.27. The zero-order valence-corrected chi connectivity index (χ0v) is 24.8. The van der Waals surface area contributed by atoms with Crippen molar-refractivity contribution in [2.24, 2.45) is 4.99 Å². The van der Waals surface area contributed by atoms with Crippen molar-refractivity contribution in [2.45, 2.75) is 13.5 Å². The minimum atomic E-state index is -2.88. The Morgan fingerprint density at radius 2 is 1.79 bits per heavy atom. The molecule has 43 heavy (non-hydrogen) atoms. The number of guanidine groups is 1. The molecule has 0 saturated heterocycles. The van der Waals surface area contributed by atoms with Crippen LogP contribution in [0.25, 0.3) is 16.9 Å². The Bertz CT molecular complexity index is 1550. The Morgan fingerprint density at radius 1 is 1.05 bits per heavy atom. The molecule has 11 nitrogen and oxygen atoms in total. The van der Waals surface area contributed by atoms with Crippen LogP contribution in [0.1, 0.15) is 15.9 Å². The van der Waals surface area contributed by atoms with Gasteiger partial charge in [0.15, 0.2) is 17.4 Å². The van der Waals surface area contributed by atoms with Crippen LogP contribution in [0.15, 0.2) is 66.0 Å². The number of aryl methyl sites for hydroxylation is 1. The van der Waals surface area contributed by atoms with Gasteiger partial charge < -0.3 is 29.9 Å². The van der Waals surface area contributed by atoms with Crippen molar-refractivity contribution in [1.82, 2.24) is 29.5 Å². The third-order valence-electron chi connectivity index (χ3n) is 6.36. The summed E-state index contributed by atoms with van der Waals surface area (Å²) < 4.78 is 36.9. The maximum absolute atomic E-state index is 12.8. The van der Waals surface area contributed by atoms with Gasteiger partial charge in [0.25, 0.3) is 5.91 Å². The van der Waals surface area contributed by atoms with Crippen LogP contribution in [0.3, 0.4) is 0 Å². The average Bonchev–Trinajstić information content (AvgIpc) is 3.39. The van der Waals surface area contributed by atoms with Crippen LogP contribution < -0.4 is 15.4 Å². The van der Waals surface area contributed by atoms with E-state index >= 15 is 0 Å². The molecule has 0 saturated carbocycles. The molecule has 1 amide bonds. The molecule has 4 aromatic rings. The zero-order chi connectivity index (χ0) is 30.9. The summed E-state index contributed by atoms with van der Waals surface area (Å²) in [4.78, 5) is 30.1. The first-order valence-electron chi connectivity index (χ1n) is 13.6. The molecule has 0 aliphatic carbocycles. The fraction of sp³-hybridized carbons (Fsp3) is 0.333. The summed E-state index contributed by atoms with van der Waals surface area (Å²) in [5, 5.41) is 6.17. The second-order valence-electron chi connectivity index (χ2n) is 10.0. The number of aliphatic imine (C=N–C) groups is 1. The second-order valence-corrected chi connectivity index (χ2v) is 10.0. The largest absolute Gasteiger partial charge is 0.435 e. The SMILES string of the molecule is Cc1cc(Nc2nccn3c(-c4ccc(OC(F)F)cc4)cnc23)ccc1C(=O)NCCOCCN=C(N(C)C)N(C)C. The number of carbonyl (C=O) groups is 1. The normalized spacial score (nSPS) is 11.0. The number of nitrogens with one attached hydrogen (secondary N) is 2. The minimum Gasteiger partial charge on any atom is -0.435 e. The summed E-state index contributed by atoms with van der Waals surface area (Å²) in [6, 6.07) is 11.8. The molecule has 2 aromatic carbocycles. The van der Waals surface area contributed by atoms with E-state index in [0.717, 1.165) is 28.5 Å². The van der Waals surface area contributed by atoms with Crippen LogP contribution in [0.5, 0.6) is 5.75 Å². The highest BCUT2D eigenvalue weighted by atomic mass is 19.3. The molecular formula is C30H36F2N8O3. The predicted molar refractivity (Wildman–Crippen MR) is 162 cm³/mol. The molecule has 0 spiro atoms. The number of anilines is 2. The van der Waals surface area contributed by atoms with Gasteiger partial charge in [-0.25, -0.2) is 9.97 Å². The van der Waals surface area contributed by atoms with Crippen molar-refractivity contribution in [2.75, 3.05) is 59.8 Å². The van der Waals surface area contributed by atoms with Gasteiger partial charge in [0, 0.05) is 63.9 Å². The molecule has 0 atom stereocenters. The molecule has 0 unspecified atom stereocenters. The summed E-state index contributed by atoms with van der Waals surface area (Å²) in [7, 11) is 7.76. The van der Waals surface area contributed by atoms with Crippen molar-refractivity contribution < 1.29 is 23.0 Å². The molecule has 0 bridgehead atoms. The zero-order valence-electron chi connectivity index (χ0n) is 24.8. The van der Waals surface area contributed by atoms with Gasteiger partial charge >= 0.3 is 6.61 Å². The first-order valence-corrected chi connectivity index (χ1v) is 13.6. The van der Waals surface area contributed by atoms with E-state index in [1.165, 1.54) is 12.1 Å². The number of amides is 1. The fourth-order valence-electron chi connectivity index (χ4n) is 4.49. The number of rotatable bonds is 12. The lowest BCUT2D eigenvalue weighted by Crippen LogP contribution is -2.35. The van der Waals surface area contributed by atoms with Crippen LogP contribution in [-0.4, -0.2) is 97.1 Å². The number of halogens is 2. The van der Waals surface area contributed by atoms with Crippen molar-refractivity contribution >= 4 is 29.0 Å². The summed E-state index contributed by atoms with van der Waals surface area (Å²) in [6.45, 7) is 0.740. The number of hydrogen-bond acceptors (Lipinski definition) is 7. The summed E-state index contributed by atoms with van der Waals surface area (Å²) >= 11 is 0. The van der Waals surface area contributed by atoms with Crippen molar-refractivity contribution in [3.63, 3.8) is 0 Å². The van der Waals surface area contributed by atoms with Gasteiger partial charge in [-0.15, -0.1) is 0 Å². The molecule has 0 aliphatic heterocycles. The molecule has 2 heterocycles. The van der Waals surface area contributed by atoms with Crippen LogP contribution >= 0.6 is 0 Å². The van der Waals surface area contributed by atoms with E-state index in [2.05, 4.69) is 30.3 Å². The monoisotopic (exact) mass is 594 g/mol. The van der Waals surface area contributed by atoms with Crippen LogP contribution in [0, 0.1) is 6.92 Å². The van der Waals surface area contributed by atoms with E-state index < -0.39 is 6.61 Å². The second kappa shape index (κ2) is 14.4. The summed E-state index contributed by atoms with van der Waals surface area (Å²) in [5.41, 5.74) is 4.21. The Balaban J connectivity index is 1.33. The van der Waals surface area contributed by atoms with Crippen molar-refractivity contribution in [3.05, 3.63) is 72.2 Å². The lowest BCUT2D eigenvalue weighted by Gasteiger charge is -2.22. The number of benzene rings is 2. The van der Waals surface area contributed by atoms with Gasteiger partial charge in [-0.05, 0) is 55.0 Å². The number of aromatic nitrogens is 3. The van der Waals surface area contributed by atoms with E-state index in [0.29, 0.717) is 43.3 Å². The van der Waals surface area contributed by atoms with Crippen molar-refractivity contribution in [3.8, 4) is 17.0 Å². The standard InChI is InChI=1S/C30H36F2N8O3/c1-20-18-22(8-11-24(20)28(41)34-13-16-42-17-14-35-30(38(2)3)39(4)5)37-26-27-36-19-25(40(27)15-12-33-26)21-6-9-23(10-7-21)43-29(31)32/h6-12,15,18-19,29H,13-14,16-17H2,1-5H3,(H,33,37)(H,34,41). The number of hydrogen-bond donors (Lipinski definition) is 2. The average molecular weight is 595 g/mol. The maximum Gasteiger partial charge on any atom is 0.387 e. The number of carbonyl (C=O) groups excluding carboxylic acids is 1. The van der Waals surface area contributed by atoms with Gasteiger partial charge in [-0.2, -0.15) is 8.78 Å². The van der Waals surface area contributed by atoms with Gasteiger partial charge in [0.05, 0.1) is 31.6 Å². The highest BCUT2D eigenvalue weighted by molar-refractivity contribution is 5.96. The smallest absolute Gasteiger partial charge is 0.387 e. The molecule has 0 radical (unpaired) electrons. The fourth-order valence-corrected chi connectivity index (χ4v) is 4.49. The quantitative estimate of drug-likeness (QED) is 0.142. The lowest BCUT2D eigenvalue weighted by atomic mass is 10.1. The third-order valence-corrected chi connectivity index (χ3v) is 6.36. The van der Waals surface area contributed by atoms with E-state index in [4.69, 9.17) is 4.74 Å². The van der Waals surface area contributed by atoms with Crippen LogP contribution in [-0.2, 0) is 4.74 Å². The molecule has 4 rings (SSSR count). The van der Waals surface area contributed by atoms with Crippen LogP contribution in [0.2, 0.25) is 0 Å². The first kappa shape index (κ1) is 31.2. The Hall–Kier alpha value is -4.78. The number of alkyl halides is 2. The van der Waals surface area contributed by atoms with Gasteiger partial charge in [0.1, 0.15) is 5.75 Å².